The van der Waals surface area contributed by atoms with Gasteiger partial charge in [0.1, 0.15) is 0 Å². The van der Waals surface area contributed by atoms with Gasteiger partial charge in [-0.3, -0.25) is 4.21 Å². The second-order valence-corrected chi connectivity index (χ2v) is 6.98. The molecule has 1 heterocycles. The molecule has 1 spiro atoms. The van der Waals surface area contributed by atoms with E-state index < -0.39 is 10.8 Å². The van der Waals surface area contributed by atoms with Gasteiger partial charge in [-0.05, 0) is 38.5 Å². The third-order valence-corrected chi connectivity index (χ3v) is 5.89. The van der Waals surface area contributed by atoms with Crippen LogP contribution >= 0.6 is 0 Å². The highest BCUT2D eigenvalue weighted by Crippen LogP contribution is 2.43. The van der Waals surface area contributed by atoms with Gasteiger partial charge in [-0.2, -0.15) is 0 Å². The highest BCUT2D eigenvalue weighted by atomic mass is 32.2. The third kappa shape index (κ3) is 2.66. The van der Waals surface area contributed by atoms with Crippen molar-refractivity contribution >= 4 is 10.8 Å². The monoisotopic (exact) mass is 245 g/mol. The van der Waals surface area contributed by atoms with Gasteiger partial charge in [0.15, 0.2) is 0 Å². The first-order chi connectivity index (χ1) is 7.65. The van der Waals surface area contributed by atoms with Crippen LogP contribution in [0.5, 0.6) is 0 Å². The Kier molecular flexibility index (Phi) is 4.03. The van der Waals surface area contributed by atoms with E-state index in [4.69, 9.17) is 10.5 Å². The number of hydrogen-bond acceptors (Lipinski definition) is 3. The lowest BCUT2D eigenvalue weighted by atomic mass is 9.75. The first-order valence-electron chi connectivity index (χ1n) is 6.42. The molecule has 2 fully saturated rings. The maximum Gasteiger partial charge on any atom is 0.0694 e. The van der Waals surface area contributed by atoms with Crippen LogP contribution in [-0.4, -0.2) is 33.5 Å². The van der Waals surface area contributed by atoms with Gasteiger partial charge < -0.3 is 10.5 Å². The summed E-state index contributed by atoms with van der Waals surface area (Å²) in [6, 6.07) is 0.0982. The lowest BCUT2D eigenvalue weighted by Crippen LogP contribution is -2.49. The molecule has 16 heavy (non-hydrogen) atoms. The van der Waals surface area contributed by atoms with E-state index in [0.29, 0.717) is 11.0 Å². The Bertz CT molecular complexity index is 266. The molecule has 0 bridgehead atoms. The predicted octanol–water partition coefficient (Wildman–Crippen LogP) is 1.57. The van der Waals surface area contributed by atoms with Gasteiger partial charge in [0, 0.05) is 34.5 Å². The summed E-state index contributed by atoms with van der Waals surface area (Å²) in [5.74, 6) is 0.664. The number of hydrogen-bond donors (Lipinski definition) is 1. The van der Waals surface area contributed by atoms with Gasteiger partial charge in [-0.15, -0.1) is 0 Å². The molecule has 1 aliphatic carbocycles. The summed E-state index contributed by atoms with van der Waals surface area (Å²) in [6.45, 7) is 2.84. The Morgan fingerprint density at radius 2 is 2.31 bits per heavy atom. The van der Waals surface area contributed by atoms with Gasteiger partial charge >= 0.3 is 0 Å². The quantitative estimate of drug-likeness (QED) is 0.818. The average molecular weight is 245 g/mol. The lowest BCUT2D eigenvalue weighted by Gasteiger charge is -2.47. The molecule has 2 rings (SSSR count). The Labute approximate surface area is 101 Å². The summed E-state index contributed by atoms with van der Waals surface area (Å²) in [5, 5.41) is 0.326. The van der Waals surface area contributed by atoms with Gasteiger partial charge in [-0.1, -0.05) is 6.92 Å². The zero-order valence-corrected chi connectivity index (χ0v) is 10.9. The van der Waals surface area contributed by atoms with E-state index in [0.717, 1.165) is 25.9 Å². The normalized spacial score (nSPS) is 32.0. The van der Waals surface area contributed by atoms with E-state index >= 15 is 0 Å². The first-order valence-corrected chi connectivity index (χ1v) is 7.80. The fourth-order valence-corrected chi connectivity index (χ4v) is 4.37. The molecule has 0 aromatic carbocycles. The van der Waals surface area contributed by atoms with Crippen molar-refractivity contribution < 1.29 is 8.95 Å². The van der Waals surface area contributed by atoms with Gasteiger partial charge in [0.2, 0.25) is 0 Å². The van der Waals surface area contributed by atoms with Crippen LogP contribution in [0.4, 0.5) is 0 Å². The van der Waals surface area contributed by atoms with Crippen molar-refractivity contribution in [1.82, 2.24) is 0 Å². The van der Waals surface area contributed by atoms with Gasteiger partial charge in [0.05, 0.1) is 5.60 Å². The molecule has 0 amide bonds. The average Bonchev–Trinajstić information content (AvgIpc) is 2.27. The van der Waals surface area contributed by atoms with Crippen molar-refractivity contribution in [2.45, 2.75) is 62.3 Å². The van der Waals surface area contributed by atoms with Crippen LogP contribution < -0.4 is 5.73 Å². The fourth-order valence-electron chi connectivity index (χ4n) is 2.59. The molecule has 1 aliphatic heterocycles. The van der Waals surface area contributed by atoms with Crippen molar-refractivity contribution in [2.75, 3.05) is 12.4 Å². The maximum atomic E-state index is 12.2. The second-order valence-electron chi connectivity index (χ2n) is 5.22. The number of rotatable bonds is 4. The molecule has 2 N–H and O–H groups in total. The molecule has 3 nitrogen and oxygen atoms in total. The predicted molar refractivity (Wildman–Crippen MR) is 66.8 cm³/mol. The molecule has 2 aliphatic rings. The summed E-state index contributed by atoms with van der Waals surface area (Å²) < 4.78 is 18.0. The molecule has 3 atom stereocenters. The molecule has 0 aromatic rings. The van der Waals surface area contributed by atoms with E-state index in [1.807, 2.05) is 0 Å². The molecular formula is C12H23NO2S. The lowest BCUT2D eigenvalue weighted by molar-refractivity contribution is -0.125. The standard InChI is InChI=1S/C12H23NO2S/c1-2-10(13)9-16(14)11-4-7-15-12(8-11)5-3-6-12/h10-11H,2-9,13H2,1H3. The molecule has 1 saturated carbocycles. The zero-order chi connectivity index (χ0) is 11.6. The smallest absolute Gasteiger partial charge is 0.0694 e. The van der Waals surface area contributed by atoms with Crippen LogP contribution in [0.1, 0.15) is 45.4 Å². The minimum absolute atomic E-state index is 0.0982. The fraction of sp³-hybridized carbons (Fsp3) is 1.00. The molecular weight excluding hydrogens is 222 g/mol. The zero-order valence-electron chi connectivity index (χ0n) is 10.1. The Morgan fingerprint density at radius 3 is 2.88 bits per heavy atom. The van der Waals surface area contributed by atoms with Crippen molar-refractivity contribution in [3.8, 4) is 0 Å². The molecule has 3 unspecified atom stereocenters. The van der Waals surface area contributed by atoms with E-state index in [-0.39, 0.29) is 11.6 Å². The van der Waals surface area contributed by atoms with Crippen LogP contribution in [0.25, 0.3) is 0 Å². The van der Waals surface area contributed by atoms with Crippen molar-refractivity contribution in [1.29, 1.82) is 0 Å². The van der Waals surface area contributed by atoms with Crippen molar-refractivity contribution in [2.24, 2.45) is 5.73 Å². The summed E-state index contributed by atoms with van der Waals surface area (Å²) in [6.07, 6.45) is 6.47. The van der Waals surface area contributed by atoms with E-state index in [1.54, 1.807) is 0 Å². The number of nitrogens with two attached hydrogens (primary N) is 1. The molecule has 94 valence electrons. The Hall–Kier alpha value is 0.0700. The first kappa shape index (κ1) is 12.5. The van der Waals surface area contributed by atoms with Crippen LogP contribution in [0.3, 0.4) is 0 Å². The van der Waals surface area contributed by atoms with E-state index in [9.17, 15) is 4.21 Å². The Balaban J connectivity index is 1.86. The maximum absolute atomic E-state index is 12.2. The highest BCUT2D eigenvalue weighted by Gasteiger charge is 2.43. The molecule has 1 saturated heterocycles. The highest BCUT2D eigenvalue weighted by molar-refractivity contribution is 7.85. The largest absolute Gasteiger partial charge is 0.375 e. The molecule has 4 heteroatoms. The van der Waals surface area contributed by atoms with E-state index in [2.05, 4.69) is 6.92 Å². The minimum atomic E-state index is -0.756. The number of ether oxygens (including phenoxy) is 1. The van der Waals surface area contributed by atoms with Crippen LogP contribution in [0, 0.1) is 0 Å². The van der Waals surface area contributed by atoms with Crippen molar-refractivity contribution in [3.05, 3.63) is 0 Å². The van der Waals surface area contributed by atoms with Crippen LogP contribution in [-0.2, 0) is 15.5 Å². The van der Waals surface area contributed by atoms with Crippen LogP contribution in [0.15, 0.2) is 0 Å². The minimum Gasteiger partial charge on any atom is -0.375 e. The summed E-state index contributed by atoms with van der Waals surface area (Å²) in [7, 11) is -0.756. The van der Waals surface area contributed by atoms with E-state index in [1.165, 1.54) is 19.3 Å². The topological polar surface area (TPSA) is 52.3 Å². The SMILES string of the molecule is CCC(N)CS(=O)C1CCOC2(CCC2)C1. The molecule has 0 radical (unpaired) electrons. The van der Waals surface area contributed by atoms with Gasteiger partial charge in [-0.25, -0.2) is 0 Å². The second kappa shape index (κ2) is 5.15. The summed E-state index contributed by atoms with van der Waals surface area (Å²) >= 11 is 0. The van der Waals surface area contributed by atoms with Crippen molar-refractivity contribution in [3.63, 3.8) is 0 Å². The Morgan fingerprint density at radius 1 is 1.56 bits per heavy atom. The summed E-state index contributed by atoms with van der Waals surface area (Å²) in [4.78, 5) is 0. The third-order valence-electron chi connectivity index (χ3n) is 3.99. The van der Waals surface area contributed by atoms with Crippen LogP contribution in [0.2, 0.25) is 0 Å². The van der Waals surface area contributed by atoms with Gasteiger partial charge in [0.25, 0.3) is 0 Å². The molecule has 0 aromatic heterocycles. The summed E-state index contributed by atoms with van der Waals surface area (Å²) in [5.41, 5.74) is 5.98.